The first-order valence-electron chi connectivity index (χ1n) is 7.50. The lowest BCUT2D eigenvalue weighted by Crippen LogP contribution is -2.39. The monoisotopic (exact) mass is 406 g/mol. The Labute approximate surface area is 144 Å². The van der Waals surface area contributed by atoms with E-state index in [0.29, 0.717) is 18.5 Å². The standard InChI is InChI=1S/C15H26N4O.HI/c1-12(2)18-15(16)17-11-13(14-7-6-10-20-14)19-8-4-3-5-9-19;/h6-7,10,12-13H,3-5,8-9,11H2,1-2H3,(H3,16,17,18);1H. The summed E-state index contributed by atoms with van der Waals surface area (Å²) in [5, 5.41) is 3.12. The van der Waals surface area contributed by atoms with Crippen LogP contribution in [0.3, 0.4) is 0 Å². The van der Waals surface area contributed by atoms with Gasteiger partial charge in [0.05, 0.1) is 18.8 Å². The first kappa shape index (κ1) is 18.3. The lowest BCUT2D eigenvalue weighted by Gasteiger charge is -2.32. The summed E-state index contributed by atoms with van der Waals surface area (Å²) in [6.07, 6.45) is 5.55. The lowest BCUT2D eigenvalue weighted by atomic mass is 10.1. The van der Waals surface area contributed by atoms with Crippen LogP contribution in [0.2, 0.25) is 0 Å². The van der Waals surface area contributed by atoms with Crippen LogP contribution in [-0.4, -0.2) is 36.5 Å². The van der Waals surface area contributed by atoms with Crippen LogP contribution in [-0.2, 0) is 0 Å². The summed E-state index contributed by atoms with van der Waals surface area (Å²) in [7, 11) is 0. The second kappa shape index (κ2) is 9.30. The number of rotatable bonds is 5. The highest BCUT2D eigenvalue weighted by Crippen LogP contribution is 2.25. The molecular weight excluding hydrogens is 379 g/mol. The molecule has 2 rings (SSSR count). The molecule has 1 saturated heterocycles. The number of likely N-dealkylation sites (tertiary alicyclic amines) is 1. The van der Waals surface area contributed by atoms with Crippen molar-refractivity contribution in [2.24, 2.45) is 10.7 Å². The SMILES string of the molecule is CC(C)NC(N)=NCC(c1ccco1)N1CCCCC1.I. The maximum atomic E-state index is 5.90. The molecule has 0 bridgehead atoms. The Balaban J connectivity index is 0.00000220. The van der Waals surface area contributed by atoms with Crippen molar-refractivity contribution in [2.75, 3.05) is 19.6 Å². The maximum absolute atomic E-state index is 5.90. The Bertz CT molecular complexity index is 413. The van der Waals surface area contributed by atoms with Crippen molar-refractivity contribution >= 4 is 29.9 Å². The highest BCUT2D eigenvalue weighted by atomic mass is 127. The van der Waals surface area contributed by atoms with E-state index in [2.05, 4.69) is 29.1 Å². The molecule has 0 saturated carbocycles. The Kier molecular flexibility index (Phi) is 8.10. The zero-order valence-electron chi connectivity index (χ0n) is 12.9. The van der Waals surface area contributed by atoms with E-state index in [4.69, 9.17) is 10.2 Å². The van der Waals surface area contributed by atoms with Crippen molar-refractivity contribution in [3.05, 3.63) is 24.2 Å². The molecule has 1 atom stereocenters. The molecule has 120 valence electrons. The van der Waals surface area contributed by atoms with Crippen LogP contribution >= 0.6 is 24.0 Å². The molecule has 1 aliphatic rings. The average molecular weight is 406 g/mol. The van der Waals surface area contributed by atoms with Crippen LogP contribution in [0.1, 0.15) is 44.9 Å². The number of furan rings is 1. The number of guanidine groups is 1. The van der Waals surface area contributed by atoms with Gasteiger partial charge in [-0.1, -0.05) is 6.42 Å². The zero-order valence-corrected chi connectivity index (χ0v) is 15.2. The fourth-order valence-corrected chi connectivity index (χ4v) is 2.62. The van der Waals surface area contributed by atoms with E-state index in [1.165, 1.54) is 19.3 Å². The van der Waals surface area contributed by atoms with Gasteiger partial charge in [-0.15, -0.1) is 24.0 Å². The van der Waals surface area contributed by atoms with Crippen molar-refractivity contribution in [3.63, 3.8) is 0 Å². The summed E-state index contributed by atoms with van der Waals surface area (Å²) < 4.78 is 5.59. The predicted molar refractivity (Wildman–Crippen MR) is 97.0 cm³/mol. The minimum absolute atomic E-state index is 0. The predicted octanol–water partition coefficient (Wildman–Crippen LogP) is 2.74. The summed E-state index contributed by atoms with van der Waals surface area (Å²) in [5.74, 6) is 1.49. The molecule has 0 amide bonds. The summed E-state index contributed by atoms with van der Waals surface area (Å²) in [6.45, 7) is 6.96. The summed E-state index contributed by atoms with van der Waals surface area (Å²) in [5.41, 5.74) is 5.90. The molecular formula is C15H27IN4O. The fourth-order valence-electron chi connectivity index (χ4n) is 2.62. The van der Waals surface area contributed by atoms with Gasteiger partial charge in [0, 0.05) is 6.04 Å². The number of hydrogen-bond donors (Lipinski definition) is 2. The third-order valence-electron chi connectivity index (χ3n) is 3.57. The van der Waals surface area contributed by atoms with Gasteiger partial charge >= 0.3 is 0 Å². The van der Waals surface area contributed by atoms with Gasteiger partial charge in [0.25, 0.3) is 0 Å². The van der Waals surface area contributed by atoms with E-state index in [-0.39, 0.29) is 30.0 Å². The molecule has 2 heterocycles. The summed E-state index contributed by atoms with van der Waals surface area (Å²) in [4.78, 5) is 6.93. The molecule has 0 aliphatic carbocycles. The van der Waals surface area contributed by atoms with Crippen LogP contribution in [0.5, 0.6) is 0 Å². The van der Waals surface area contributed by atoms with Crippen LogP contribution < -0.4 is 11.1 Å². The third-order valence-corrected chi connectivity index (χ3v) is 3.57. The number of aliphatic imine (C=N–C) groups is 1. The minimum atomic E-state index is 0. The van der Waals surface area contributed by atoms with Crippen LogP contribution in [0.15, 0.2) is 27.8 Å². The van der Waals surface area contributed by atoms with Crippen molar-refractivity contribution in [2.45, 2.75) is 45.2 Å². The van der Waals surface area contributed by atoms with Crippen molar-refractivity contribution in [1.29, 1.82) is 0 Å². The van der Waals surface area contributed by atoms with E-state index in [1.54, 1.807) is 6.26 Å². The highest BCUT2D eigenvalue weighted by molar-refractivity contribution is 14.0. The van der Waals surface area contributed by atoms with E-state index >= 15 is 0 Å². The summed E-state index contributed by atoms with van der Waals surface area (Å²) >= 11 is 0. The van der Waals surface area contributed by atoms with Crippen molar-refractivity contribution in [1.82, 2.24) is 10.2 Å². The molecule has 0 radical (unpaired) electrons. The first-order valence-corrected chi connectivity index (χ1v) is 7.50. The second-order valence-electron chi connectivity index (χ2n) is 5.65. The lowest BCUT2D eigenvalue weighted by molar-refractivity contribution is 0.150. The van der Waals surface area contributed by atoms with Crippen LogP contribution in [0.4, 0.5) is 0 Å². The quantitative estimate of drug-likeness (QED) is 0.448. The number of nitrogens with zero attached hydrogens (tertiary/aromatic N) is 2. The Morgan fingerprint density at radius 1 is 1.38 bits per heavy atom. The van der Waals surface area contributed by atoms with Gasteiger partial charge in [0.15, 0.2) is 5.96 Å². The molecule has 3 N–H and O–H groups in total. The Hall–Kier alpha value is -0.760. The van der Waals surface area contributed by atoms with Crippen molar-refractivity contribution in [3.8, 4) is 0 Å². The average Bonchev–Trinajstić information content (AvgIpc) is 2.93. The van der Waals surface area contributed by atoms with E-state index < -0.39 is 0 Å². The van der Waals surface area contributed by atoms with Gasteiger partial charge < -0.3 is 15.5 Å². The van der Waals surface area contributed by atoms with Gasteiger partial charge in [0.1, 0.15) is 5.76 Å². The second-order valence-corrected chi connectivity index (χ2v) is 5.65. The Morgan fingerprint density at radius 2 is 2.10 bits per heavy atom. The molecule has 5 nitrogen and oxygen atoms in total. The zero-order chi connectivity index (χ0) is 14.4. The molecule has 1 fully saturated rings. The fraction of sp³-hybridized carbons (Fsp3) is 0.667. The first-order chi connectivity index (χ1) is 9.66. The minimum Gasteiger partial charge on any atom is -0.468 e. The molecule has 1 aromatic rings. The van der Waals surface area contributed by atoms with Crippen LogP contribution in [0, 0.1) is 0 Å². The maximum Gasteiger partial charge on any atom is 0.188 e. The van der Waals surface area contributed by atoms with Gasteiger partial charge in [-0.25, -0.2) is 0 Å². The normalized spacial score (nSPS) is 18.3. The smallest absolute Gasteiger partial charge is 0.188 e. The van der Waals surface area contributed by atoms with E-state index in [0.717, 1.165) is 18.8 Å². The molecule has 1 aromatic heterocycles. The van der Waals surface area contributed by atoms with Crippen molar-refractivity contribution < 1.29 is 4.42 Å². The molecule has 6 heteroatoms. The summed E-state index contributed by atoms with van der Waals surface area (Å²) in [6, 6.07) is 4.46. The number of halogens is 1. The molecule has 1 aliphatic heterocycles. The number of nitrogens with one attached hydrogen (secondary N) is 1. The van der Waals surface area contributed by atoms with Gasteiger partial charge in [-0.2, -0.15) is 0 Å². The van der Waals surface area contributed by atoms with Crippen LogP contribution in [0.25, 0.3) is 0 Å². The largest absolute Gasteiger partial charge is 0.468 e. The molecule has 0 spiro atoms. The number of piperidine rings is 1. The van der Waals surface area contributed by atoms with Gasteiger partial charge in [-0.3, -0.25) is 9.89 Å². The topological polar surface area (TPSA) is 66.8 Å². The Morgan fingerprint density at radius 3 is 2.67 bits per heavy atom. The van der Waals surface area contributed by atoms with Gasteiger partial charge in [0.2, 0.25) is 0 Å². The number of nitrogens with two attached hydrogens (primary N) is 1. The number of hydrogen-bond acceptors (Lipinski definition) is 3. The molecule has 1 unspecified atom stereocenters. The van der Waals surface area contributed by atoms with Gasteiger partial charge in [-0.05, 0) is 51.9 Å². The molecule has 0 aromatic carbocycles. The highest BCUT2D eigenvalue weighted by Gasteiger charge is 2.24. The third kappa shape index (κ3) is 5.86. The van der Waals surface area contributed by atoms with E-state index in [1.807, 2.05) is 12.1 Å². The van der Waals surface area contributed by atoms with E-state index in [9.17, 15) is 0 Å². The molecule has 21 heavy (non-hydrogen) atoms.